The number of nitrogens with two attached hydrogens (primary N) is 1. The smallest absolute Gasteiger partial charge is 0.398 e. The molecule has 0 unspecified atom stereocenters. The molecule has 0 aliphatic carbocycles. The van der Waals surface area contributed by atoms with Gasteiger partial charge in [0.1, 0.15) is 4.90 Å². The van der Waals surface area contributed by atoms with E-state index in [2.05, 4.69) is 4.98 Å². The van der Waals surface area contributed by atoms with E-state index < -0.39 is 52.1 Å². The molecular formula is C16H13F3N2O5S2. The fourth-order valence-corrected chi connectivity index (χ4v) is 5.43. The van der Waals surface area contributed by atoms with E-state index in [1.54, 1.807) is 0 Å². The van der Waals surface area contributed by atoms with Gasteiger partial charge < -0.3 is 10.7 Å². The molecule has 0 saturated carbocycles. The largest absolute Gasteiger partial charge is 0.418 e. The topological polar surface area (TPSA) is 130 Å². The van der Waals surface area contributed by atoms with Crippen molar-refractivity contribution in [1.29, 1.82) is 0 Å². The van der Waals surface area contributed by atoms with Crippen molar-refractivity contribution in [2.45, 2.75) is 27.8 Å². The van der Waals surface area contributed by atoms with Crippen LogP contribution in [0.3, 0.4) is 0 Å². The quantitative estimate of drug-likeness (QED) is 0.429. The summed E-state index contributed by atoms with van der Waals surface area (Å²) in [6, 6.07) is 5.80. The molecule has 2 aromatic carbocycles. The predicted molar refractivity (Wildman–Crippen MR) is 94.2 cm³/mol. The van der Waals surface area contributed by atoms with Gasteiger partial charge in [0.2, 0.25) is 9.84 Å². The number of anilines is 1. The Bertz CT molecular complexity index is 1310. The van der Waals surface area contributed by atoms with E-state index in [-0.39, 0.29) is 16.6 Å². The first kappa shape index (κ1) is 20.2. The van der Waals surface area contributed by atoms with E-state index in [1.165, 1.54) is 19.1 Å². The molecule has 7 nitrogen and oxygen atoms in total. The van der Waals surface area contributed by atoms with Gasteiger partial charge in [0.05, 0.1) is 15.4 Å². The number of aryl methyl sites for hydroxylation is 1. The summed E-state index contributed by atoms with van der Waals surface area (Å²) in [6.45, 7) is 1.31. The van der Waals surface area contributed by atoms with Gasteiger partial charge in [0, 0.05) is 22.3 Å². The lowest BCUT2D eigenvalue weighted by atomic mass is 10.2. The van der Waals surface area contributed by atoms with Crippen molar-refractivity contribution in [3.8, 4) is 0 Å². The maximum absolute atomic E-state index is 13.1. The van der Waals surface area contributed by atoms with Gasteiger partial charge in [-0.15, -0.1) is 0 Å². The van der Waals surface area contributed by atoms with E-state index in [9.17, 15) is 34.6 Å². The molecule has 0 saturated heterocycles. The molecule has 0 aliphatic rings. The van der Waals surface area contributed by atoms with E-state index in [0.29, 0.717) is 6.07 Å². The minimum Gasteiger partial charge on any atom is -0.398 e. The van der Waals surface area contributed by atoms with Gasteiger partial charge >= 0.3 is 6.18 Å². The Labute approximate surface area is 157 Å². The van der Waals surface area contributed by atoms with Crippen molar-refractivity contribution < 1.29 is 34.6 Å². The summed E-state index contributed by atoms with van der Waals surface area (Å²) in [6.07, 6.45) is -4.88. The summed E-state index contributed by atoms with van der Waals surface area (Å²) in [5.74, 6) is 0. The summed E-state index contributed by atoms with van der Waals surface area (Å²) in [7, 11) is -9.40. The van der Waals surface area contributed by atoms with Crippen LogP contribution in [-0.4, -0.2) is 26.4 Å². The highest BCUT2D eigenvalue weighted by molar-refractivity contribution is 7.92. The molecule has 3 rings (SSSR count). The molecular weight excluding hydrogens is 421 g/mol. The monoisotopic (exact) mass is 434 g/mol. The lowest BCUT2D eigenvalue weighted by Gasteiger charge is -2.13. The summed E-state index contributed by atoms with van der Waals surface area (Å²) >= 11 is 0. The standard InChI is InChI=1S/C16H13F3N2O5S2/c1-8-15(28(24,25)26)14-12(21-8)3-2-4-13(14)27(22,23)9-5-6-11(20)10(7-9)16(17,18)19/h2-7,21H,20H2,1H3,(H,24,25,26). The highest BCUT2D eigenvalue weighted by Gasteiger charge is 2.35. The van der Waals surface area contributed by atoms with E-state index in [4.69, 9.17) is 5.73 Å². The SMILES string of the molecule is Cc1[nH]c2cccc(S(=O)(=O)c3ccc(N)c(C(F)(F)F)c3)c2c1S(=O)(=O)O. The van der Waals surface area contributed by atoms with Gasteiger partial charge in [0.25, 0.3) is 10.1 Å². The number of alkyl halides is 3. The Morgan fingerprint density at radius 3 is 2.29 bits per heavy atom. The van der Waals surface area contributed by atoms with Crippen molar-refractivity contribution in [2.24, 2.45) is 0 Å². The number of hydrogen-bond acceptors (Lipinski definition) is 5. The first-order valence-electron chi connectivity index (χ1n) is 7.55. The second-order valence-corrected chi connectivity index (χ2v) is 9.26. The lowest BCUT2D eigenvalue weighted by Crippen LogP contribution is -2.12. The van der Waals surface area contributed by atoms with Crippen molar-refractivity contribution >= 4 is 36.5 Å². The molecule has 1 aromatic heterocycles. The van der Waals surface area contributed by atoms with E-state index in [1.807, 2.05) is 0 Å². The van der Waals surface area contributed by atoms with E-state index >= 15 is 0 Å². The second kappa shape index (κ2) is 6.22. The number of fused-ring (bicyclic) bond motifs is 1. The Kier molecular flexibility index (Phi) is 4.48. The first-order valence-corrected chi connectivity index (χ1v) is 10.5. The van der Waals surface area contributed by atoms with Gasteiger partial charge in [-0.2, -0.15) is 21.6 Å². The summed E-state index contributed by atoms with van der Waals surface area (Å²) in [5.41, 5.74) is 3.38. The molecule has 0 spiro atoms. The minimum absolute atomic E-state index is 0.0200. The molecule has 3 aromatic rings. The molecule has 1 heterocycles. The zero-order chi connectivity index (χ0) is 21.1. The molecule has 4 N–H and O–H groups in total. The van der Waals surface area contributed by atoms with Crippen molar-refractivity contribution in [1.82, 2.24) is 4.98 Å². The Morgan fingerprint density at radius 1 is 1.07 bits per heavy atom. The molecule has 28 heavy (non-hydrogen) atoms. The number of nitrogens with one attached hydrogen (secondary N) is 1. The van der Waals surface area contributed by atoms with Crippen LogP contribution >= 0.6 is 0 Å². The molecule has 0 aliphatic heterocycles. The van der Waals surface area contributed by atoms with Gasteiger partial charge in [-0.1, -0.05) is 6.07 Å². The minimum atomic E-state index is -4.88. The van der Waals surface area contributed by atoms with Gasteiger partial charge in [-0.05, 0) is 37.3 Å². The molecule has 150 valence electrons. The number of nitrogen functional groups attached to an aromatic ring is 1. The highest BCUT2D eigenvalue weighted by Crippen LogP contribution is 2.38. The third-order valence-electron chi connectivity index (χ3n) is 4.10. The first-order chi connectivity index (χ1) is 12.7. The van der Waals surface area contributed by atoms with E-state index in [0.717, 1.165) is 18.2 Å². The molecule has 0 atom stereocenters. The molecule has 0 amide bonds. The molecule has 0 radical (unpaired) electrons. The number of halogens is 3. The number of H-pyrrole nitrogens is 1. The number of aromatic amines is 1. The second-order valence-electron chi connectivity index (χ2n) is 5.98. The highest BCUT2D eigenvalue weighted by atomic mass is 32.2. The van der Waals surface area contributed by atoms with Crippen LogP contribution in [0.2, 0.25) is 0 Å². The molecule has 0 bridgehead atoms. The van der Waals surface area contributed by atoms with Gasteiger partial charge in [-0.25, -0.2) is 8.42 Å². The van der Waals surface area contributed by atoms with Crippen LogP contribution in [0.15, 0.2) is 51.1 Å². The Morgan fingerprint density at radius 2 is 1.71 bits per heavy atom. The van der Waals surface area contributed by atoms with Crippen LogP contribution in [-0.2, 0) is 26.1 Å². The zero-order valence-electron chi connectivity index (χ0n) is 14.1. The van der Waals surface area contributed by atoms with Gasteiger partial charge in [0.15, 0.2) is 0 Å². The average Bonchev–Trinajstić information content (AvgIpc) is 2.89. The number of rotatable bonds is 3. The van der Waals surface area contributed by atoms with Crippen LogP contribution < -0.4 is 5.73 Å². The Hall–Kier alpha value is -2.57. The zero-order valence-corrected chi connectivity index (χ0v) is 15.7. The maximum Gasteiger partial charge on any atom is 0.418 e. The number of aromatic nitrogens is 1. The van der Waals surface area contributed by atoms with Crippen LogP contribution in [0.5, 0.6) is 0 Å². The summed E-state index contributed by atoms with van der Waals surface area (Å²) in [5, 5.41) is -0.340. The van der Waals surface area contributed by atoms with Crippen LogP contribution in [0.1, 0.15) is 11.3 Å². The van der Waals surface area contributed by atoms with Crippen LogP contribution in [0, 0.1) is 6.92 Å². The normalized spacial score (nSPS) is 13.2. The van der Waals surface area contributed by atoms with Crippen LogP contribution in [0.4, 0.5) is 18.9 Å². The third kappa shape index (κ3) is 3.23. The fraction of sp³-hybridized carbons (Fsp3) is 0.125. The Balaban J connectivity index is 2.38. The average molecular weight is 434 g/mol. The molecule has 12 heteroatoms. The number of hydrogen-bond donors (Lipinski definition) is 3. The summed E-state index contributed by atoms with van der Waals surface area (Å²) in [4.78, 5) is 0.689. The lowest BCUT2D eigenvalue weighted by molar-refractivity contribution is -0.137. The number of benzene rings is 2. The van der Waals surface area contributed by atoms with Crippen LogP contribution in [0.25, 0.3) is 10.9 Å². The predicted octanol–water partition coefficient (Wildman–Crippen LogP) is 3.16. The fourth-order valence-electron chi connectivity index (χ4n) is 2.94. The van der Waals surface area contributed by atoms with Crippen molar-refractivity contribution in [2.75, 3.05) is 5.73 Å². The van der Waals surface area contributed by atoms with Gasteiger partial charge in [-0.3, -0.25) is 4.55 Å². The number of sulfone groups is 1. The van der Waals surface area contributed by atoms with Crippen molar-refractivity contribution in [3.05, 3.63) is 47.7 Å². The maximum atomic E-state index is 13.1. The third-order valence-corrected chi connectivity index (χ3v) is 6.92. The molecule has 0 fully saturated rings. The summed E-state index contributed by atoms with van der Waals surface area (Å²) < 4.78 is 98.4. The van der Waals surface area contributed by atoms with Crippen molar-refractivity contribution in [3.63, 3.8) is 0 Å².